The number of ketones is 1. The summed E-state index contributed by atoms with van der Waals surface area (Å²) in [6.07, 6.45) is 0.883. The molecule has 1 aliphatic carbocycles. The minimum absolute atomic E-state index is 0.00755. The summed E-state index contributed by atoms with van der Waals surface area (Å²) < 4.78 is 15.4. The molecule has 9 heteroatoms. The summed E-state index contributed by atoms with van der Waals surface area (Å²) in [5.74, 6) is -0.629. The molecule has 1 atom stereocenters. The van der Waals surface area contributed by atoms with Gasteiger partial charge in [0.25, 0.3) is 0 Å². The molecule has 5 nitrogen and oxygen atoms in total. The topological polar surface area (TPSA) is 63.2 Å². The van der Waals surface area contributed by atoms with Crippen molar-refractivity contribution in [2.45, 2.75) is 49.1 Å². The number of rotatable bonds is 5. The molecule has 0 spiro atoms. The van der Waals surface area contributed by atoms with Crippen LogP contribution in [0.2, 0.25) is 5.02 Å². The lowest BCUT2D eigenvalue weighted by Crippen LogP contribution is -2.43. The van der Waals surface area contributed by atoms with Crippen molar-refractivity contribution in [3.05, 3.63) is 81.8 Å². The largest absolute Gasteiger partial charge is 0.294 e. The Morgan fingerprint density at radius 1 is 1.11 bits per heavy atom. The van der Waals surface area contributed by atoms with Crippen LogP contribution in [0.15, 0.2) is 64.1 Å². The number of nitrogens with zero attached hydrogens (tertiary/aromatic N) is 3. The number of carbonyl (C=O) groups excluding carboxylic acids is 2. The molecule has 0 radical (unpaired) electrons. The summed E-state index contributed by atoms with van der Waals surface area (Å²) in [4.78, 5) is 28.4. The summed E-state index contributed by atoms with van der Waals surface area (Å²) in [6, 6.07) is 14.0. The summed E-state index contributed by atoms with van der Waals surface area (Å²) >= 11 is 9.07. The molecule has 2 aliphatic rings. The van der Waals surface area contributed by atoms with Gasteiger partial charge in [0.2, 0.25) is 11.0 Å². The molecular weight excluding hydrogens is 505 g/mol. The lowest BCUT2D eigenvalue weighted by Gasteiger charge is -2.41. The maximum atomic E-state index is 14.7. The fourth-order valence-corrected chi connectivity index (χ4v) is 6.94. The van der Waals surface area contributed by atoms with E-state index in [1.54, 1.807) is 23.1 Å². The van der Waals surface area contributed by atoms with Gasteiger partial charge in [0.1, 0.15) is 5.82 Å². The second-order valence-electron chi connectivity index (χ2n) is 9.54. The van der Waals surface area contributed by atoms with Crippen LogP contribution in [0, 0.1) is 11.2 Å². The van der Waals surface area contributed by atoms with Gasteiger partial charge in [0, 0.05) is 40.8 Å². The number of halogens is 2. The summed E-state index contributed by atoms with van der Waals surface area (Å²) in [5.41, 5.74) is 2.19. The molecule has 35 heavy (non-hydrogen) atoms. The van der Waals surface area contributed by atoms with Crippen LogP contribution in [-0.2, 0) is 15.3 Å². The Labute approximate surface area is 216 Å². The number of thioether (sulfide) groups is 1. The highest BCUT2D eigenvalue weighted by Gasteiger charge is 2.45. The van der Waals surface area contributed by atoms with Crippen molar-refractivity contribution in [3.8, 4) is 0 Å². The third-order valence-corrected chi connectivity index (χ3v) is 8.78. The third kappa shape index (κ3) is 4.79. The van der Waals surface area contributed by atoms with E-state index in [0.29, 0.717) is 49.9 Å². The Balaban J connectivity index is 1.51. The van der Waals surface area contributed by atoms with Crippen LogP contribution in [0.4, 0.5) is 9.52 Å². The smallest absolute Gasteiger partial charge is 0.234 e. The van der Waals surface area contributed by atoms with Crippen LogP contribution < -0.4 is 4.90 Å². The Bertz CT molecular complexity index is 1350. The Morgan fingerprint density at radius 2 is 1.86 bits per heavy atom. The monoisotopic (exact) mass is 527 g/mol. The van der Waals surface area contributed by atoms with Crippen LogP contribution in [0.25, 0.3) is 0 Å². The SMILES string of the molecule is CC1(C)CC(=O)C2=C(C1)N(c1nnc(SCc3ccccc3Cl)s1)C(=O)C[C@H]2c1ccccc1F. The number of hydrogen-bond acceptors (Lipinski definition) is 6. The van der Waals surface area contributed by atoms with Gasteiger partial charge < -0.3 is 0 Å². The van der Waals surface area contributed by atoms with E-state index in [2.05, 4.69) is 10.2 Å². The van der Waals surface area contributed by atoms with Gasteiger partial charge in [-0.15, -0.1) is 10.2 Å². The van der Waals surface area contributed by atoms with Gasteiger partial charge in [0.05, 0.1) is 0 Å². The summed E-state index contributed by atoms with van der Waals surface area (Å²) in [6.45, 7) is 4.02. The lowest BCUT2D eigenvalue weighted by molar-refractivity contribution is -0.121. The highest BCUT2D eigenvalue weighted by atomic mass is 35.5. The molecule has 0 unspecified atom stereocenters. The van der Waals surface area contributed by atoms with Crippen molar-refractivity contribution in [1.29, 1.82) is 0 Å². The third-order valence-electron chi connectivity index (χ3n) is 6.32. The van der Waals surface area contributed by atoms with Crippen molar-refractivity contribution < 1.29 is 14.0 Å². The first-order chi connectivity index (χ1) is 16.7. The maximum Gasteiger partial charge on any atom is 0.234 e. The fourth-order valence-electron chi connectivity index (χ4n) is 4.77. The molecule has 3 aromatic rings. The Kier molecular flexibility index (Phi) is 6.55. The first kappa shape index (κ1) is 24.2. The number of aromatic nitrogens is 2. The van der Waals surface area contributed by atoms with E-state index in [1.165, 1.54) is 29.2 Å². The van der Waals surface area contributed by atoms with Gasteiger partial charge in [-0.25, -0.2) is 4.39 Å². The van der Waals surface area contributed by atoms with Gasteiger partial charge in [-0.1, -0.05) is 84.9 Å². The van der Waals surface area contributed by atoms with Crippen LogP contribution >= 0.6 is 34.7 Å². The zero-order chi connectivity index (χ0) is 24.7. The quantitative estimate of drug-likeness (QED) is 0.270. The van der Waals surface area contributed by atoms with Gasteiger partial charge in [-0.2, -0.15) is 0 Å². The molecule has 1 aromatic heterocycles. The summed E-state index contributed by atoms with van der Waals surface area (Å²) in [5, 5.41) is 9.71. The average Bonchev–Trinajstić information content (AvgIpc) is 3.25. The minimum Gasteiger partial charge on any atom is -0.294 e. The van der Waals surface area contributed by atoms with Gasteiger partial charge in [-0.05, 0) is 35.1 Å². The lowest BCUT2D eigenvalue weighted by atomic mass is 9.69. The van der Waals surface area contributed by atoms with Gasteiger partial charge in [0.15, 0.2) is 10.1 Å². The van der Waals surface area contributed by atoms with Crippen molar-refractivity contribution in [1.82, 2.24) is 10.2 Å². The number of amides is 1. The summed E-state index contributed by atoms with van der Waals surface area (Å²) in [7, 11) is 0. The fraction of sp³-hybridized carbons (Fsp3) is 0.308. The van der Waals surface area contributed by atoms with Crippen molar-refractivity contribution in [3.63, 3.8) is 0 Å². The van der Waals surface area contributed by atoms with E-state index in [-0.39, 0.29) is 23.5 Å². The van der Waals surface area contributed by atoms with Crippen LogP contribution in [0.3, 0.4) is 0 Å². The molecular formula is C26H23ClFN3O2S2. The van der Waals surface area contributed by atoms with Crippen molar-refractivity contribution >= 4 is 51.5 Å². The molecule has 1 amide bonds. The van der Waals surface area contributed by atoms with E-state index in [0.717, 1.165) is 5.56 Å². The van der Waals surface area contributed by atoms with E-state index < -0.39 is 11.7 Å². The predicted octanol–water partition coefficient (Wildman–Crippen LogP) is 6.79. The molecule has 0 fully saturated rings. The Hall–Kier alpha value is -2.55. The first-order valence-electron chi connectivity index (χ1n) is 11.3. The zero-order valence-corrected chi connectivity index (χ0v) is 21.6. The standard InChI is InChI=1S/C26H23ClFN3O2S2/c1-26(2)12-20-23(21(32)13-26)17(16-8-4-6-10-19(16)28)11-22(33)31(20)24-29-30-25(35-24)34-14-15-7-3-5-9-18(15)27/h3-10,17H,11-14H2,1-2H3/t17-/m0/s1. The van der Waals surface area contributed by atoms with Crippen molar-refractivity contribution in [2.75, 3.05) is 4.90 Å². The molecule has 0 bridgehead atoms. The molecule has 1 aliphatic heterocycles. The van der Waals surface area contributed by atoms with E-state index >= 15 is 0 Å². The second kappa shape index (κ2) is 9.48. The molecule has 180 valence electrons. The highest BCUT2D eigenvalue weighted by Crippen LogP contribution is 2.49. The zero-order valence-electron chi connectivity index (χ0n) is 19.3. The molecule has 5 rings (SSSR count). The highest BCUT2D eigenvalue weighted by molar-refractivity contribution is 8.00. The number of carbonyl (C=O) groups is 2. The number of allylic oxidation sites excluding steroid dienone is 2. The predicted molar refractivity (Wildman–Crippen MR) is 137 cm³/mol. The average molecular weight is 528 g/mol. The number of anilines is 1. The van der Waals surface area contributed by atoms with Crippen LogP contribution in [0.1, 0.15) is 50.2 Å². The van der Waals surface area contributed by atoms with Crippen molar-refractivity contribution in [2.24, 2.45) is 5.41 Å². The number of hydrogen-bond donors (Lipinski definition) is 0. The van der Waals surface area contributed by atoms with Crippen LogP contribution in [-0.4, -0.2) is 21.9 Å². The molecule has 0 N–H and O–H groups in total. The molecule has 2 aromatic carbocycles. The molecule has 0 saturated carbocycles. The van der Waals surface area contributed by atoms with Gasteiger partial charge in [-0.3, -0.25) is 14.5 Å². The molecule has 2 heterocycles. The minimum atomic E-state index is -0.597. The normalized spacial score (nSPS) is 19.8. The first-order valence-corrected chi connectivity index (χ1v) is 13.4. The number of benzene rings is 2. The van der Waals surface area contributed by atoms with E-state index in [4.69, 9.17) is 11.6 Å². The maximum absolute atomic E-state index is 14.7. The van der Waals surface area contributed by atoms with E-state index in [9.17, 15) is 14.0 Å². The van der Waals surface area contributed by atoms with Gasteiger partial charge >= 0.3 is 0 Å². The number of Topliss-reactive ketones (excluding diaryl/α,β-unsaturated/α-hetero) is 1. The Morgan fingerprint density at radius 3 is 2.63 bits per heavy atom. The second-order valence-corrected chi connectivity index (χ2v) is 12.1. The molecule has 0 saturated heterocycles. The van der Waals surface area contributed by atoms with E-state index in [1.807, 2.05) is 38.1 Å². The van der Waals surface area contributed by atoms with Crippen LogP contribution in [0.5, 0.6) is 0 Å².